The second-order valence-electron chi connectivity index (χ2n) is 2.65. The Kier molecular flexibility index (Phi) is 3.51. The van der Waals surface area contributed by atoms with Crippen molar-refractivity contribution in [1.29, 1.82) is 0 Å². The SMILES string of the molecule is COc1ccc(C(C)=O)cc1N=C=S. The van der Waals surface area contributed by atoms with Crippen molar-refractivity contribution >= 4 is 28.8 Å². The Hall–Kier alpha value is -1.51. The lowest BCUT2D eigenvalue weighted by Crippen LogP contribution is -1.92. The Bertz CT molecular complexity index is 409. The van der Waals surface area contributed by atoms with Gasteiger partial charge in [0.1, 0.15) is 11.4 Å². The van der Waals surface area contributed by atoms with Gasteiger partial charge in [0.25, 0.3) is 0 Å². The van der Waals surface area contributed by atoms with Crippen LogP contribution in [-0.4, -0.2) is 18.1 Å². The van der Waals surface area contributed by atoms with Gasteiger partial charge >= 0.3 is 0 Å². The number of benzene rings is 1. The first-order valence-corrected chi connectivity index (χ1v) is 4.36. The van der Waals surface area contributed by atoms with Crippen LogP contribution < -0.4 is 4.74 Å². The van der Waals surface area contributed by atoms with Gasteiger partial charge in [-0.2, -0.15) is 4.99 Å². The third-order valence-electron chi connectivity index (χ3n) is 1.75. The molecule has 4 heteroatoms. The highest BCUT2D eigenvalue weighted by molar-refractivity contribution is 7.78. The third-order valence-corrected chi connectivity index (χ3v) is 1.84. The fourth-order valence-corrected chi connectivity index (χ4v) is 1.14. The topological polar surface area (TPSA) is 38.7 Å². The summed E-state index contributed by atoms with van der Waals surface area (Å²) in [6.07, 6.45) is 0. The molecule has 0 atom stereocenters. The van der Waals surface area contributed by atoms with E-state index in [-0.39, 0.29) is 5.78 Å². The van der Waals surface area contributed by atoms with E-state index in [0.717, 1.165) is 0 Å². The summed E-state index contributed by atoms with van der Waals surface area (Å²) in [4.78, 5) is 14.9. The summed E-state index contributed by atoms with van der Waals surface area (Å²) < 4.78 is 5.04. The third kappa shape index (κ3) is 2.25. The number of hydrogen-bond donors (Lipinski definition) is 0. The fraction of sp³-hybridized carbons (Fsp3) is 0.200. The van der Waals surface area contributed by atoms with Crippen molar-refractivity contribution in [2.75, 3.05) is 7.11 Å². The van der Waals surface area contributed by atoms with E-state index in [1.165, 1.54) is 14.0 Å². The van der Waals surface area contributed by atoms with Gasteiger partial charge in [-0.15, -0.1) is 0 Å². The molecule has 0 aliphatic carbocycles. The van der Waals surface area contributed by atoms with Gasteiger partial charge in [-0.05, 0) is 37.3 Å². The normalized spacial score (nSPS) is 9.00. The second kappa shape index (κ2) is 4.65. The van der Waals surface area contributed by atoms with Crippen LogP contribution in [0.2, 0.25) is 0 Å². The summed E-state index contributed by atoms with van der Waals surface area (Å²) in [5.41, 5.74) is 1.10. The molecule has 0 fully saturated rings. The van der Waals surface area contributed by atoms with Crippen LogP contribution in [0.15, 0.2) is 23.2 Å². The van der Waals surface area contributed by atoms with E-state index in [1.807, 2.05) is 0 Å². The van der Waals surface area contributed by atoms with Crippen molar-refractivity contribution in [2.45, 2.75) is 6.92 Å². The molecule has 0 saturated heterocycles. The quantitative estimate of drug-likeness (QED) is 0.434. The molecule has 1 rings (SSSR count). The molecule has 3 nitrogen and oxygen atoms in total. The van der Waals surface area contributed by atoms with Crippen LogP contribution in [0.1, 0.15) is 17.3 Å². The Morgan fingerprint density at radius 1 is 1.57 bits per heavy atom. The molecular formula is C10H9NO2S. The molecule has 14 heavy (non-hydrogen) atoms. The number of isothiocyanates is 1. The van der Waals surface area contributed by atoms with Crippen molar-refractivity contribution in [3.63, 3.8) is 0 Å². The molecule has 1 aromatic carbocycles. The molecule has 0 unspecified atom stereocenters. The predicted octanol–water partition coefficient (Wildman–Crippen LogP) is 2.63. The minimum atomic E-state index is -0.0199. The average Bonchev–Trinajstić information content (AvgIpc) is 2.18. The molecule has 0 amide bonds. The Balaban J connectivity index is 3.27. The van der Waals surface area contributed by atoms with Crippen molar-refractivity contribution in [3.8, 4) is 5.75 Å². The molecule has 0 saturated carbocycles. The van der Waals surface area contributed by atoms with Crippen LogP contribution in [-0.2, 0) is 0 Å². The lowest BCUT2D eigenvalue weighted by molar-refractivity contribution is 0.101. The molecule has 0 N–H and O–H groups in total. The zero-order chi connectivity index (χ0) is 10.6. The molecule has 0 aliphatic heterocycles. The summed E-state index contributed by atoms with van der Waals surface area (Å²) in [6, 6.07) is 4.99. The fourth-order valence-electron chi connectivity index (χ4n) is 1.05. The first-order chi connectivity index (χ1) is 6.69. The number of thiocarbonyl (C=S) groups is 1. The maximum Gasteiger partial charge on any atom is 0.159 e. The summed E-state index contributed by atoms with van der Waals surface area (Å²) in [7, 11) is 1.53. The average molecular weight is 207 g/mol. The molecule has 0 heterocycles. The zero-order valence-electron chi connectivity index (χ0n) is 7.90. The number of rotatable bonds is 3. The predicted molar refractivity (Wildman–Crippen MR) is 57.7 cm³/mol. The van der Waals surface area contributed by atoms with Crippen LogP contribution in [0.4, 0.5) is 5.69 Å². The van der Waals surface area contributed by atoms with Crippen LogP contribution in [0, 0.1) is 0 Å². The largest absolute Gasteiger partial charge is 0.494 e. The van der Waals surface area contributed by atoms with Gasteiger partial charge < -0.3 is 4.74 Å². The summed E-state index contributed by atoms with van der Waals surface area (Å²) in [6.45, 7) is 1.49. The van der Waals surface area contributed by atoms with Gasteiger partial charge in [-0.1, -0.05) is 0 Å². The Labute approximate surface area is 87.4 Å². The standard InChI is InChI=1S/C10H9NO2S/c1-7(12)8-3-4-10(13-2)9(5-8)11-6-14/h3-5H,1-2H3. The van der Waals surface area contributed by atoms with E-state index in [0.29, 0.717) is 17.0 Å². The van der Waals surface area contributed by atoms with Gasteiger partial charge in [-0.25, -0.2) is 0 Å². The number of hydrogen-bond acceptors (Lipinski definition) is 4. The molecule has 0 aromatic heterocycles. The monoisotopic (exact) mass is 207 g/mol. The lowest BCUT2D eigenvalue weighted by Gasteiger charge is -2.04. The van der Waals surface area contributed by atoms with E-state index < -0.39 is 0 Å². The highest BCUT2D eigenvalue weighted by atomic mass is 32.1. The highest BCUT2D eigenvalue weighted by Crippen LogP contribution is 2.27. The first-order valence-electron chi connectivity index (χ1n) is 3.96. The molecule has 0 radical (unpaired) electrons. The maximum absolute atomic E-state index is 11.1. The smallest absolute Gasteiger partial charge is 0.159 e. The molecule has 0 aliphatic rings. The Morgan fingerprint density at radius 3 is 2.79 bits per heavy atom. The first kappa shape index (κ1) is 10.6. The second-order valence-corrected chi connectivity index (χ2v) is 2.83. The zero-order valence-corrected chi connectivity index (χ0v) is 8.72. The van der Waals surface area contributed by atoms with Gasteiger partial charge in [0.05, 0.1) is 12.3 Å². The van der Waals surface area contributed by atoms with Crippen LogP contribution in [0.25, 0.3) is 0 Å². The lowest BCUT2D eigenvalue weighted by atomic mass is 10.1. The number of ketones is 1. The van der Waals surface area contributed by atoms with Gasteiger partial charge in [0, 0.05) is 5.56 Å². The number of nitrogens with zero attached hydrogens (tertiary/aromatic N) is 1. The number of Topliss-reactive ketones (excluding diaryl/α,β-unsaturated/α-hetero) is 1. The minimum Gasteiger partial charge on any atom is -0.494 e. The molecule has 72 valence electrons. The van der Waals surface area contributed by atoms with Crippen LogP contribution in [0.3, 0.4) is 0 Å². The van der Waals surface area contributed by atoms with Crippen molar-refractivity contribution in [2.24, 2.45) is 4.99 Å². The molecule has 0 spiro atoms. The number of aliphatic imine (C=N–C) groups is 1. The molecule has 1 aromatic rings. The van der Waals surface area contributed by atoms with Crippen LogP contribution in [0.5, 0.6) is 5.75 Å². The maximum atomic E-state index is 11.1. The van der Waals surface area contributed by atoms with Gasteiger partial charge in [-0.3, -0.25) is 4.79 Å². The number of carbonyl (C=O) groups excluding carboxylic acids is 1. The van der Waals surface area contributed by atoms with Gasteiger partial charge in [0.15, 0.2) is 5.78 Å². The van der Waals surface area contributed by atoms with Gasteiger partial charge in [0.2, 0.25) is 0 Å². The van der Waals surface area contributed by atoms with Crippen molar-refractivity contribution in [3.05, 3.63) is 23.8 Å². The van der Waals surface area contributed by atoms with Crippen molar-refractivity contribution in [1.82, 2.24) is 0 Å². The van der Waals surface area contributed by atoms with E-state index in [2.05, 4.69) is 22.4 Å². The Morgan fingerprint density at radius 2 is 2.29 bits per heavy atom. The number of carbonyl (C=O) groups is 1. The minimum absolute atomic E-state index is 0.0199. The van der Waals surface area contributed by atoms with Crippen molar-refractivity contribution < 1.29 is 9.53 Å². The molecular weight excluding hydrogens is 198 g/mol. The summed E-state index contributed by atoms with van der Waals surface area (Å²) in [5, 5.41) is 2.24. The van der Waals surface area contributed by atoms with Crippen LogP contribution >= 0.6 is 12.2 Å². The van der Waals surface area contributed by atoms with E-state index in [4.69, 9.17) is 4.74 Å². The molecule has 0 bridgehead atoms. The summed E-state index contributed by atoms with van der Waals surface area (Å²) in [5.74, 6) is 0.556. The number of methoxy groups -OCH3 is 1. The van der Waals surface area contributed by atoms with E-state index >= 15 is 0 Å². The highest BCUT2D eigenvalue weighted by Gasteiger charge is 2.05. The van der Waals surface area contributed by atoms with E-state index in [1.54, 1.807) is 18.2 Å². The number of ether oxygens (including phenoxy) is 1. The van der Waals surface area contributed by atoms with E-state index in [9.17, 15) is 4.79 Å². The summed E-state index contributed by atoms with van der Waals surface area (Å²) >= 11 is 4.49.